The summed E-state index contributed by atoms with van der Waals surface area (Å²) in [7, 11) is 0. The minimum atomic E-state index is -0.468. The van der Waals surface area contributed by atoms with Crippen LogP contribution >= 0.6 is 12.4 Å². The molecule has 1 aliphatic rings. The molecule has 1 saturated heterocycles. The smallest absolute Gasteiger partial charge is 0.358 e. The molecule has 1 aromatic rings. The van der Waals surface area contributed by atoms with Gasteiger partial charge >= 0.3 is 5.82 Å². The lowest BCUT2D eigenvalue weighted by Crippen LogP contribution is -2.50. The third-order valence-corrected chi connectivity index (χ3v) is 3.07. The van der Waals surface area contributed by atoms with Crippen LogP contribution in [0.2, 0.25) is 0 Å². The molecule has 1 fully saturated rings. The van der Waals surface area contributed by atoms with E-state index in [9.17, 15) is 10.1 Å². The Kier molecular flexibility index (Phi) is 5.52. The molecule has 1 aromatic heterocycles. The van der Waals surface area contributed by atoms with Crippen LogP contribution in [0.1, 0.15) is 6.92 Å². The van der Waals surface area contributed by atoms with Gasteiger partial charge in [-0.2, -0.15) is 4.68 Å². The van der Waals surface area contributed by atoms with Crippen LogP contribution < -0.4 is 5.32 Å². The average Bonchev–Trinajstić information content (AvgIpc) is 2.77. The molecular weight excluding hydrogens is 258 g/mol. The second kappa shape index (κ2) is 6.67. The van der Waals surface area contributed by atoms with Crippen LogP contribution in [0.25, 0.3) is 0 Å². The fourth-order valence-electron chi connectivity index (χ4n) is 2.02. The molecule has 8 heteroatoms. The first kappa shape index (κ1) is 14.9. The molecule has 0 unspecified atom stereocenters. The lowest BCUT2D eigenvalue weighted by atomic mass is 10.2. The molecule has 0 aliphatic carbocycles. The van der Waals surface area contributed by atoms with E-state index in [0.717, 1.165) is 26.2 Å². The van der Waals surface area contributed by atoms with Crippen LogP contribution in [0, 0.1) is 10.1 Å². The molecule has 0 bridgehead atoms. The van der Waals surface area contributed by atoms with Gasteiger partial charge in [0, 0.05) is 32.2 Å². The fraction of sp³-hybridized carbons (Fsp3) is 0.700. The zero-order valence-electron chi connectivity index (χ0n) is 10.3. The minimum absolute atomic E-state index is 0. The maximum atomic E-state index is 10.5. The van der Waals surface area contributed by atoms with Gasteiger partial charge in [-0.25, -0.2) is 0 Å². The van der Waals surface area contributed by atoms with Crippen LogP contribution in [0.5, 0.6) is 0 Å². The molecule has 1 aliphatic heterocycles. The molecule has 1 N–H and O–H groups in total. The standard InChI is InChI=1S/C10H17N5O2.ClH/c1-9-8-11-3-5-13(9)6-7-14-4-2-10(12-14)15(16)17;/h2,4,9,11H,3,5-8H2,1H3;1H/t9-;/m0./s1. The summed E-state index contributed by atoms with van der Waals surface area (Å²) in [5, 5.41) is 17.7. The summed E-state index contributed by atoms with van der Waals surface area (Å²) in [6.45, 7) is 6.77. The first-order valence-electron chi connectivity index (χ1n) is 5.79. The van der Waals surface area contributed by atoms with Gasteiger partial charge in [0.05, 0.1) is 23.9 Å². The van der Waals surface area contributed by atoms with Crippen LogP contribution in [-0.2, 0) is 6.54 Å². The van der Waals surface area contributed by atoms with Crippen molar-refractivity contribution in [1.29, 1.82) is 0 Å². The van der Waals surface area contributed by atoms with Crippen molar-refractivity contribution in [3.8, 4) is 0 Å². The van der Waals surface area contributed by atoms with Gasteiger partial charge in [-0.3, -0.25) is 4.90 Å². The van der Waals surface area contributed by atoms with Crippen molar-refractivity contribution >= 4 is 18.2 Å². The van der Waals surface area contributed by atoms with Crippen molar-refractivity contribution in [2.75, 3.05) is 26.2 Å². The highest BCUT2D eigenvalue weighted by Crippen LogP contribution is 2.06. The predicted octanol–water partition coefficient (Wildman–Crippen LogP) is 0.507. The van der Waals surface area contributed by atoms with Crippen LogP contribution in [-0.4, -0.2) is 51.8 Å². The van der Waals surface area contributed by atoms with Crippen molar-refractivity contribution < 1.29 is 4.92 Å². The second-order valence-corrected chi connectivity index (χ2v) is 4.28. The Morgan fingerprint density at radius 3 is 3.00 bits per heavy atom. The lowest BCUT2D eigenvalue weighted by Gasteiger charge is -2.33. The number of aromatic nitrogens is 2. The third-order valence-electron chi connectivity index (χ3n) is 3.07. The number of rotatable bonds is 4. The Balaban J connectivity index is 0.00000162. The highest BCUT2D eigenvalue weighted by Gasteiger charge is 2.18. The highest BCUT2D eigenvalue weighted by molar-refractivity contribution is 5.85. The summed E-state index contributed by atoms with van der Waals surface area (Å²) in [4.78, 5) is 12.4. The van der Waals surface area contributed by atoms with E-state index in [1.807, 2.05) is 0 Å². The summed E-state index contributed by atoms with van der Waals surface area (Å²) in [6.07, 6.45) is 1.66. The summed E-state index contributed by atoms with van der Waals surface area (Å²) in [5.74, 6) is -0.0849. The van der Waals surface area contributed by atoms with E-state index in [2.05, 4.69) is 22.2 Å². The molecule has 0 aromatic carbocycles. The van der Waals surface area contributed by atoms with Crippen molar-refractivity contribution in [2.24, 2.45) is 0 Å². The average molecular weight is 276 g/mol. The number of nitrogens with zero attached hydrogens (tertiary/aromatic N) is 4. The van der Waals surface area contributed by atoms with Crippen LogP contribution in [0.15, 0.2) is 12.3 Å². The molecule has 0 saturated carbocycles. The Morgan fingerprint density at radius 2 is 2.39 bits per heavy atom. The van der Waals surface area contributed by atoms with Crippen molar-refractivity contribution in [2.45, 2.75) is 19.5 Å². The number of nitro groups is 1. The number of nitrogens with one attached hydrogen (secondary N) is 1. The zero-order chi connectivity index (χ0) is 12.3. The van der Waals surface area contributed by atoms with E-state index >= 15 is 0 Å². The van der Waals surface area contributed by atoms with Gasteiger partial charge < -0.3 is 15.4 Å². The van der Waals surface area contributed by atoms with Crippen LogP contribution in [0.3, 0.4) is 0 Å². The van der Waals surface area contributed by atoms with Crippen LogP contribution in [0.4, 0.5) is 5.82 Å². The monoisotopic (exact) mass is 275 g/mol. The van der Waals surface area contributed by atoms with E-state index in [1.165, 1.54) is 6.07 Å². The predicted molar refractivity (Wildman–Crippen MR) is 70.0 cm³/mol. The van der Waals surface area contributed by atoms with Crippen molar-refractivity contribution in [1.82, 2.24) is 20.0 Å². The summed E-state index contributed by atoms with van der Waals surface area (Å²) < 4.78 is 1.63. The zero-order valence-corrected chi connectivity index (χ0v) is 11.1. The van der Waals surface area contributed by atoms with Gasteiger partial charge in [-0.05, 0) is 11.8 Å². The van der Waals surface area contributed by atoms with Gasteiger partial charge in [0.15, 0.2) is 0 Å². The molecule has 2 heterocycles. The molecule has 0 spiro atoms. The Morgan fingerprint density at radius 1 is 1.61 bits per heavy atom. The Bertz CT molecular complexity index is 397. The minimum Gasteiger partial charge on any atom is -0.358 e. The first-order valence-corrected chi connectivity index (χ1v) is 5.79. The van der Waals surface area contributed by atoms with E-state index in [0.29, 0.717) is 12.6 Å². The maximum absolute atomic E-state index is 10.5. The van der Waals surface area contributed by atoms with Gasteiger partial charge in [-0.1, -0.05) is 0 Å². The SMILES string of the molecule is C[C@H]1CNCCN1CCn1ccc([N+](=O)[O-])n1.Cl. The maximum Gasteiger partial charge on any atom is 0.389 e. The lowest BCUT2D eigenvalue weighted by molar-refractivity contribution is -0.389. The largest absolute Gasteiger partial charge is 0.389 e. The van der Waals surface area contributed by atoms with Gasteiger partial charge in [0.1, 0.15) is 0 Å². The molecule has 0 amide bonds. The third kappa shape index (κ3) is 3.66. The summed E-state index contributed by atoms with van der Waals surface area (Å²) >= 11 is 0. The topological polar surface area (TPSA) is 76.2 Å². The molecule has 18 heavy (non-hydrogen) atoms. The number of hydrogen-bond acceptors (Lipinski definition) is 5. The molecule has 2 rings (SSSR count). The first-order chi connectivity index (χ1) is 8.16. The summed E-state index contributed by atoms with van der Waals surface area (Å²) in [5.41, 5.74) is 0. The second-order valence-electron chi connectivity index (χ2n) is 4.28. The van der Waals surface area contributed by atoms with Gasteiger partial charge in [0.2, 0.25) is 0 Å². The number of halogens is 1. The Hall–Kier alpha value is -1.18. The van der Waals surface area contributed by atoms with E-state index < -0.39 is 4.92 Å². The Labute approximate surface area is 112 Å². The highest BCUT2D eigenvalue weighted by atomic mass is 35.5. The quantitative estimate of drug-likeness (QED) is 0.640. The molecule has 0 radical (unpaired) electrons. The van der Waals surface area contributed by atoms with Gasteiger partial charge in [0.25, 0.3) is 0 Å². The summed E-state index contributed by atoms with van der Waals surface area (Å²) in [6, 6.07) is 1.94. The fourth-order valence-corrected chi connectivity index (χ4v) is 2.02. The molecular formula is C10H18ClN5O2. The van der Waals surface area contributed by atoms with Crippen molar-refractivity contribution in [3.63, 3.8) is 0 Å². The molecule has 7 nitrogen and oxygen atoms in total. The number of piperazine rings is 1. The molecule has 102 valence electrons. The van der Waals surface area contributed by atoms with E-state index in [-0.39, 0.29) is 18.2 Å². The number of hydrogen-bond donors (Lipinski definition) is 1. The molecule has 1 atom stereocenters. The normalized spacial score (nSPS) is 20.4. The van der Waals surface area contributed by atoms with E-state index in [1.54, 1.807) is 10.9 Å². The van der Waals surface area contributed by atoms with Crippen molar-refractivity contribution in [3.05, 3.63) is 22.4 Å². The van der Waals surface area contributed by atoms with Gasteiger partial charge in [-0.15, -0.1) is 12.4 Å². The van der Waals surface area contributed by atoms with E-state index in [4.69, 9.17) is 0 Å².